The Bertz CT molecular complexity index is 609. The van der Waals surface area contributed by atoms with E-state index in [0.717, 1.165) is 27.8 Å². The number of aliphatic carboxylic acids is 1. The fraction of sp³-hybridized carbons (Fsp3) is 0.278. The summed E-state index contributed by atoms with van der Waals surface area (Å²) in [5.41, 5.74) is 5.42. The molecule has 2 nitrogen and oxygen atoms in total. The zero-order valence-electron chi connectivity index (χ0n) is 12.2. The van der Waals surface area contributed by atoms with Crippen molar-refractivity contribution in [2.45, 2.75) is 33.1 Å². The van der Waals surface area contributed by atoms with E-state index in [4.69, 9.17) is 0 Å². The SMILES string of the molecule is Cc1cccc(C(Cc2c(C)cccc2C)C(=O)O)c1. The number of rotatable bonds is 4. The molecule has 20 heavy (non-hydrogen) atoms. The first kappa shape index (κ1) is 14.3. The predicted molar refractivity (Wildman–Crippen MR) is 81.2 cm³/mol. The van der Waals surface area contributed by atoms with Crippen molar-refractivity contribution in [2.24, 2.45) is 0 Å². The zero-order valence-corrected chi connectivity index (χ0v) is 12.2. The third-order valence-electron chi connectivity index (χ3n) is 3.80. The van der Waals surface area contributed by atoms with Gasteiger partial charge in [-0.15, -0.1) is 0 Å². The van der Waals surface area contributed by atoms with Crippen molar-refractivity contribution in [3.8, 4) is 0 Å². The summed E-state index contributed by atoms with van der Waals surface area (Å²) in [6, 6.07) is 13.9. The summed E-state index contributed by atoms with van der Waals surface area (Å²) in [6.45, 7) is 6.07. The van der Waals surface area contributed by atoms with Crippen LogP contribution < -0.4 is 0 Å². The van der Waals surface area contributed by atoms with Gasteiger partial charge in [-0.3, -0.25) is 4.79 Å². The van der Waals surface area contributed by atoms with Crippen molar-refractivity contribution in [3.05, 3.63) is 70.3 Å². The van der Waals surface area contributed by atoms with Gasteiger partial charge >= 0.3 is 5.97 Å². The van der Waals surface area contributed by atoms with Gasteiger partial charge in [-0.1, -0.05) is 48.0 Å². The lowest BCUT2D eigenvalue weighted by Gasteiger charge is -2.17. The van der Waals surface area contributed by atoms with Crippen LogP contribution in [0.5, 0.6) is 0 Å². The summed E-state index contributed by atoms with van der Waals surface area (Å²) in [5.74, 6) is -1.26. The highest BCUT2D eigenvalue weighted by Crippen LogP contribution is 2.25. The van der Waals surface area contributed by atoms with Crippen LogP contribution in [0.4, 0.5) is 0 Å². The van der Waals surface area contributed by atoms with Gasteiger partial charge in [0, 0.05) is 0 Å². The minimum atomic E-state index is -0.766. The Balaban J connectivity index is 2.38. The molecule has 2 heteroatoms. The van der Waals surface area contributed by atoms with E-state index >= 15 is 0 Å². The summed E-state index contributed by atoms with van der Waals surface area (Å²) in [7, 11) is 0. The van der Waals surface area contributed by atoms with Crippen molar-refractivity contribution >= 4 is 5.97 Å². The molecule has 0 heterocycles. The van der Waals surface area contributed by atoms with Gasteiger partial charge < -0.3 is 5.11 Å². The molecule has 0 radical (unpaired) electrons. The van der Waals surface area contributed by atoms with Crippen molar-refractivity contribution < 1.29 is 9.90 Å². The summed E-state index contributed by atoms with van der Waals surface area (Å²) in [4.78, 5) is 11.6. The molecule has 0 aliphatic carbocycles. The minimum Gasteiger partial charge on any atom is -0.481 e. The second kappa shape index (κ2) is 5.91. The average Bonchev–Trinajstić information content (AvgIpc) is 2.38. The molecule has 0 amide bonds. The lowest BCUT2D eigenvalue weighted by molar-refractivity contribution is -0.138. The van der Waals surface area contributed by atoms with Gasteiger partial charge in [0.25, 0.3) is 0 Å². The van der Waals surface area contributed by atoms with E-state index in [1.54, 1.807) is 0 Å². The second-order valence-electron chi connectivity index (χ2n) is 5.38. The smallest absolute Gasteiger partial charge is 0.311 e. The van der Waals surface area contributed by atoms with Gasteiger partial charge in [0.2, 0.25) is 0 Å². The molecule has 2 aromatic carbocycles. The Morgan fingerprint density at radius 1 is 1.05 bits per heavy atom. The van der Waals surface area contributed by atoms with Crippen LogP contribution in [0.15, 0.2) is 42.5 Å². The van der Waals surface area contributed by atoms with Crippen LogP contribution in [-0.4, -0.2) is 11.1 Å². The Kier molecular flexibility index (Phi) is 4.23. The molecule has 0 saturated heterocycles. The lowest BCUT2D eigenvalue weighted by Crippen LogP contribution is -2.15. The molecule has 0 aliphatic rings. The van der Waals surface area contributed by atoms with Crippen molar-refractivity contribution in [1.82, 2.24) is 0 Å². The standard InChI is InChI=1S/C18H20O2/c1-12-6-4-9-15(10-12)17(18(19)20)11-16-13(2)7-5-8-14(16)3/h4-10,17H,11H2,1-3H3,(H,19,20). The Hall–Kier alpha value is -2.09. The molecule has 1 atom stereocenters. The van der Waals surface area contributed by atoms with E-state index in [9.17, 15) is 9.90 Å². The van der Waals surface area contributed by atoms with Gasteiger partial charge in [-0.2, -0.15) is 0 Å². The number of hydrogen-bond donors (Lipinski definition) is 1. The quantitative estimate of drug-likeness (QED) is 0.909. The zero-order chi connectivity index (χ0) is 14.7. The number of aryl methyl sites for hydroxylation is 3. The number of benzene rings is 2. The van der Waals surface area contributed by atoms with Crippen LogP contribution in [0.1, 0.15) is 33.7 Å². The van der Waals surface area contributed by atoms with E-state index in [1.807, 2.05) is 63.2 Å². The number of carbonyl (C=O) groups is 1. The van der Waals surface area contributed by atoms with Crippen LogP contribution in [0, 0.1) is 20.8 Å². The second-order valence-corrected chi connectivity index (χ2v) is 5.38. The Morgan fingerprint density at radius 3 is 2.20 bits per heavy atom. The number of hydrogen-bond acceptors (Lipinski definition) is 1. The molecular weight excluding hydrogens is 248 g/mol. The van der Waals surface area contributed by atoms with Crippen molar-refractivity contribution in [1.29, 1.82) is 0 Å². The number of carboxylic acid groups (broad SMARTS) is 1. The van der Waals surface area contributed by atoms with Gasteiger partial charge in [-0.25, -0.2) is 0 Å². The molecule has 2 aromatic rings. The van der Waals surface area contributed by atoms with Crippen LogP contribution in [0.2, 0.25) is 0 Å². The van der Waals surface area contributed by atoms with Crippen LogP contribution in [-0.2, 0) is 11.2 Å². The monoisotopic (exact) mass is 268 g/mol. The van der Waals surface area contributed by atoms with Gasteiger partial charge in [0.1, 0.15) is 0 Å². The maximum absolute atomic E-state index is 11.6. The third kappa shape index (κ3) is 3.08. The Morgan fingerprint density at radius 2 is 1.65 bits per heavy atom. The average molecular weight is 268 g/mol. The van der Waals surface area contributed by atoms with Crippen LogP contribution in [0.25, 0.3) is 0 Å². The van der Waals surface area contributed by atoms with E-state index in [-0.39, 0.29) is 0 Å². The summed E-state index contributed by atoms with van der Waals surface area (Å²) in [6.07, 6.45) is 0.539. The van der Waals surface area contributed by atoms with E-state index < -0.39 is 11.9 Å². The summed E-state index contributed by atoms with van der Waals surface area (Å²) < 4.78 is 0. The van der Waals surface area contributed by atoms with Gasteiger partial charge in [-0.05, 0) is 49.4 Å². The molecule has 1 N–H and O–H groups in total. The highest BCUT2D eigenvalue weighted by atomic mass is 16.4. The first-order chi connectivity index (χ1) is 9.49. The molecular formula is C18H20O2. The fourth-order valence-corrected chi connectivity index (χ4v) is 2.61. The highest BCUT2D eigenvalue weighted by Gasteiger charge is 2.21. The maximum Gasteiger partial charge on any atom is 0.311 e. The van der Waals surface area contributed by atoms with Gasteiger partial charge in [0.05, 0.1) is 5.92 Å². The van der Waals surface area contributed by atoms with Crippen LogP contribution >= 0.6 is 0 Å². The predicted octanol–water partition coefficient (Wildman–Crippen LogP) is 4.02. The van der Waals surface area contributed by atoms with Crippen LogP contribution in [0.3, 0.4) is 0 Å². The molecule has 104 valence electrons. The molecule has 0 aliphatic heterocycles. The Labute approximate surface area is 120 Å². The first-order valence-corrected chi connectivity index (χ1v) is 6.83. The molecule has 2 rings (SSSR count). The summed E-state index contributed by atoms with van der Waals surface area (Å²) in [5, 5.41) is 9.56. The molecule has 0 aromatic heterocycles. The molecule has 0 spiro atoms. The molecule has 0 bridgehead atoms. The third-order valence-corrected chi connectivity index (χ3v) is 3.80. The van der Waals surface area contributed by atoms with E-state index in [0.29, 0.717) is 6.42 Å². The fourth-order valence-electron chi connectivity index (χ4n) is 2.61. The minimum absolute atomic E-state index is 0.491. The van der Waals surface area contributed by atoms with Crippen molar-refractivity contribution in [3.63, 3.8) is 0 Å². The molecule has 1 unspecified atom stereocenters. The topological polar surface area (TPSA) is 37.3 Å². The van der Waals surface area contributed by atoms with E-state index in [2.05, 4.69) is 0 Å². The normalized spacial score (nSPS) is 12.2. The van der Waals surface area contributed by atoms with Gasteiger partial charge in [0.15, 0.2) is 0 Å². The molecule has 0 saturated carbocycles. The summed E-state index contributed by atoms with van der Waals surface area (Å²) >= 11 is 0. The maximum atomic E-state index is 11.6. The lowest BCUT2D eigenvalue weighted by atomic mass is 9.88. The largest absolute Gasteiger partial charge is 0.481 e. The van der Waals surface area contributed by atoms with Crippen molar-refractivity contribution in [2.75, 3.05) is 0 Å². The number of carboxylic acids is 1. The highest BCUT2D eigenvalue weighted by molar-refractivity contribution is 5.76. The molecule has 0 fully saturated rings. The van der Waals surface area contributed by atoms with E-state index in [1.165, 1.54) is 0 Å². The first-order valence-electron chi connectivity index (χ1n) is 6.83.